The monoisotopic (exact) mass is 916 g/mol. The zero-order chi connectivity index (χ0) is 45.1. The van der Waals surface area contributed by atoms with Crippen molar-refractivity contribution in [3.8, 4) is 44.4 Å². The van der Waals surface area contributed by atoms with E-state index in [1.807, 2.05) is 52.0 Å². The van der Waals surface area contributed by atoms with Crippen LogP contribution in [0.25, 0.3) is 64.9 Å². The van der Waals surface area contributed by atoms with Crippen molar-refractivity contribution in [1.29, 1.82) is 0 Å². The molecular formula is C46H56N14O3S2. The van der Waals surface area contributed by atoms with Crippen molar-refractivity contribution in [2.45, 2.75) is 91.3 Å². The molecule has 0 spiro atoms. The number of rotatable bonds is 15. The van der Waals surface area contributed by atoms with E-state index in [0.29, 0.717) is 56.1 Å². The first kappa shape index (κ1) is 43.3. The average Bonchev–Trinajstić information content (AvgIpc) is 4.14. The summed E-state index contributed by atoms with van der Waals surface area (Å²) in [4.78, 5) is 37.0. The first-order valence-electron chi connectivity index (χ1n) is 22.3. The number of hydrogen-bond acceptors (Lipinski definition) is 15. The number of aromatic nitrogens is 12. The number of fused-ring (bicyclic) bond motifs is 2. The van der Waals surface area contributed by atoms with Crippen LogP contribution in [0.15, 0.2) is 49.3 Å². The van der Waals surface area contributed by atoms with E-state index in [1.165, 1.54) is 0 Å². The third-order valence-electron chi connectivity index (χ3n) is 12.8. The van der Waals surface area contributed by atoms with Gasteiger partial charge in [0.1, 0.15) is 32.7 Å². The molecule has 17 nitrogen and oxygen atoms in total. The first-order valence-corrected chi connectivity index (χ1v) is 24.0. The van der Waals surface area contributed by atoms with Gasteiger partial charge in [0.2, 0.25) is 0 Å². The molecule has 1 saturated carbocycles. The Labute approximate surface area is 385 Å². The summed E-state index contributed by atoms with van der Waals surface area (Å²) in [7, 11) is 5.48. The van der Waals surface area contributed by atoms with Gasteiger partial charge in [0.05, 0.1) is 45.9 Å². The Morgan fingerprint density at radius 2 is 1.43 bits per heavy atom. The predicted molar refractivity (Wildman–Crippen MR) is 256 cm³/mol. The highest BCUT2D eigenvalue weighted by atomic mass is 32.1. The molecule has 8 aromatic heterocycles. The van der Waals surface area contributed by atoms with Crippen LogP contribution in [0.5, 0.6) is 0 Å². The highest BCUT2D eigenvalue weighted by molar-refractivity contribution is 7.22. The first-order chi connectivity index (χ1) is 31.5. The van der Waals surface area contributed by atoms with Crippen molar-refractivity contribution >= 4 is 54.7 Å². The molecule has 2 atom stereocenters. The Balaban J connectivity index is 1.06. The van der Waals surface area contributed by atoms with Gasteiger partial charge in [-0.2, -0.15) is 10.2 Å². The lowest BCUT2D eigenvalue weighted by Crippen LogP contribution is -2.45. The van der Waals surface area contributed by atoms with Crippen LogP contribution in [0.4, 0.5) is 11.6 Å². The maximum Gasteiger partial charge on any atom is 0.199 e. The molecule has 1 aliphatic carbocycles. The third kappa shape index (κ3) is 8.10. The lowest BCUT2D eigenvalue weighted by molar-refractivity contribution is -0.0101. The molecular weight excluding hydrogens is 861 g/mol. The molecule has 65 heavy (non-hydrogen) atoms. The molecule has 2 aliphatic rings. The fourth-order valence-electron chi connectivity index (χ4n) is 9.04. The minimum absolute atomic E-state index is 0.0616. The number of nitrogens with one attached hydrogen (secondary N) is 1. The molecule has 1 saturated heterocycles. The van der Waals surface area contributed by atoms with Crippen LogP contribution >= 0.6 is 22.7 Å². The van der Waals surface area contributed by atoms with E-state index in [0.717, 1.165) is 77.2 Å². The summed E-state index contributed by atoms with van der Waals surface area (Å²) in [5.41, 5.74) is 4.05. The maximum absolute atomic E-state index is 6.11. The molecule has 0 bridgehead atoms. The molecule has 1 N–H and O–H groups in total. The number of imidazole rings is 2. The van der Waals surface area contributed by atoms with E-state index >= 15 is 0 Å². The van der Waals surface area contributed by atoms with E-state index in [2.05, 4.69) is 73.4 Å². The number of ether oxygens (including phenoxy) is 3. The zero-order valence-corrected chi connectivity index (χ0v) is 40.0. The average molecular weight is 917 g/mol. The minimum Gasteiger partial charge on any atom is -0.382 e. The highest BCUT2D eigenvalue weighted by Gasteiger charge is 2.37. The molecule has 8 aromatic rings. The fourth-order valence-corrected chi connectivity index (χ4v) is 11.3. The maximum atomic E-state index is 6.11. The summed E-state index contributed by atoms with van der Waals surface area (Å²) in [6.07, 6.45) is 13.6. The summed E-state index contributed by atoms with van der Waals surface area (Å²) in [6.45, 7) is 15.8. The Kier molecular flexibility index (Phi) is 11.8. The summed E-state index contributed by atoms with van der Waals surface area (Å²) in [5, 5.41) is 15.9. The van der Waals surface area contributed by atoms with Crippen LogP contribution in [0.2, 0.25) is 0 Å². The topological polar surface area (TPSA) is 166 Å². The van der Waals surface area contributed by atoms with Crippen LogP contribution in [0.1, 0.15) is 63.7 Å². The van der Waals surface area contributed by atoms with Gasteiger partial charge in [-0.3, -0.25) is 9.36 Å². The van der Waals surface area contributed by atoms with Gasteiger partial charge in [0.15, 0.2) is 23.3 Å². The van der Waals surface area contributed by atoms with Gasteiger partial charge >= 0.3 is 0 Å². The van der Waals surface area contributed by atoms with Crippen molar-refractivity contribution in [3.05, 3.63) is 60.4 Å². The van der Waals surface area contributed by atoms with Crippen LogP contribution < -0.4 is 10.2 Å². The summed E-state index contributed by atoms with van der Waals surface area (Å²) in [6, 6.07) is 4.61. The van der Waals surface area contributed by atoms with Crippen LogP contribution in [0.3, 0.4) is 0 Å². The minimum atomic E-state index is -0.0823. The van der Waals surface area contributed by atoms with Crippen molar-refractivity contribution in [1.82, 2.24) is 58.6 Å². The number of aryl methyl sites for hydroxylation is 3. The standard InChI is InChI=1S/C46H56N14O3S2/c1-25(2)59-14-10-32(54-59)37-27(5)35-39(50-40(52-45(35)64-37)43-47-12-16-56(43)7)49-34(29-20-30(21-29)62-9)23-57-17-13-48-44(57)41-51-42(58-18-19-63-31(22-58)24-61-8)36-28(6)38(65-46(36)53-41)33-11-15-60(55-33)26(3)4/h10-17,25-26,29-31,34H,18-24H2,1-9H3,(H,49,50,52)/t29-,30+,31?,34?. The molecule has 0 amide bonds. The summed E-state index contributed by atoms with van der Waals surface area (Å²) < 4.78 is 25.6. The molecule has 2 unspecified atom stereocenters. The van der Waals surface area contributed by atoms with Crippen LogP contribution in [-0.4, -0.2) is 117 Å². The van der Waals surface area contributed by atoms with E-state index in [-0.39, 0.29) is 36.3 Å². The Hall–Kier alpha value is -5.60. The second-order valence-corrected chi connectivity index (χ2v) is 19.8. The van der Waals surface area contributed by atoms with Gasteiger partial charge in [0, 0.05) is 96.2 Å². The number of morpholine rings is 1. The lowest BCUT2D eigenvalue weighted by atomic mass is 9.77. The van der Waals surface area contributed by atoms with Gasteiger partial charge in [-0.15, -0.1) is 22.7 Å². The second kappa shape index (κ2) is 17.7. The molecule has 10 rings (SSSR count). The van der Waals surface area contributed by atoms with E-state index < -0.39 is 0 Å². The number of methoxy groups -OCH3 is 2. The van der Waals surface area contributed by atoms with Crippen LogP contribution in [0, 0.1) is 19.8 Å². The van der Waals surface area contributed by atoms with Gasteiger partial charge < -0.3 is 33.6 Å². The smallest absolute Gasteiger partial charge is 0.199 e. The SMILES string of the molecule is COCC1CN(c2nc(-c3nccn3CC(Nc3nc(-c4nccn4C)nc4sc(-c5ccn(C(C)C)n5)c(C)c34)[C@H]3C[C@@H](OC)C3)nc3sc(-c4ccn(C(C)C)n4)c(C)c23)CCO1. The van der Waals surface area contributed by atoms with Crippen LogP contribution in [-0.2, 0) is 27.8 Å². The lowest BCUT2D eigenvalue weighted by Gasteiger charge is -2.40. The molecule has 9 heterocycles. The quantitative estimate of drug-likeness (QED) is 0.105. The Bertz CT molecular complexity index is 2970. The van der Waals surface area contributed by atoms with Gasteiger partial charge in [-0.1, -0.05) is 0 Å². The molecule has 340 valence electrons. The Morgan fingerprint density at radius 3 is 2.05 bits per heavy atom. The third-order valence-corrected chi connectivity index (χ3v) is 15.2. The van der Waals surface area contributed by atoms with Crippen molar-refractivity contribution in [2.24, 2.45) is 13.0 Å². The predicted octanol–water partition coefficient (Wildman–Crippen LogP) is 8.22. The Morgan fingerprint density at radius 1 is 0.800 bits per heavy atom. The fraction of sp³-hybridized carbons (Fsp3) is 0.478. The zero-order valence-electron chi connectivity index (χ0n) is 38.4. The molecule has 2 fully saturated rings. The summed E-state index contributed by atoms with van der Waals surface area (Å²) in [5.74, 6) is 4.44. The van der Waals surface area contributed by atoms with E-state index in [9.17, 15) is 0 Å². The van der Waals surface area contributed by atoms with Gasteiger partial charge in [-0.25, -0.2) is 29.9 Å². The highest BCUT2D eigenvalue weighted by Crippen LogP contribution is 2.44. The van der Waals surface area contributed by atoms with E-state index in [1.54, 1.807) is 43.1 Å². The largest absolute Gasteiger partial charge is 0.382 e. The number of thiophene rings is 2. The normalized spacial score (nSPS) is 18.4. The molecule has 0 radical (unpaired) electrons. The van der Waals surface area contributed by atoms with E-state index in [4.69, 9.17) is 49.3 Å². The number of anilines is 2. The summed E-state index contributed by atoms with van der Waals surface area (Å²) >= 11 is 3.29. The molecule has 19 heteroatoms. The number of hydrogen-bond donors (Lipinski definition) is 1. The molecule has 0 aromatic carbocycles. The van der Waals surface area contributed by atoms with Gasteiger partial charge in [-0.05, 0) is 83.6 Å². The van der Waals surface area contributed by atoms with Crippen molar-refractivity contribution < 1.29 is 14.2 Å². The van der Waals surface area contributed by atoms with Crippen molar-refractivity contribution in [3.63, 3.8) is 0 Å². The van der Waals surface area contributed by atoms with Crippen molar-refractivity contribution in [2.75, 3.05) is 50.7 Å². The second-order valence-electron chi connectivity index (χ2n) is 17.8. The number of nitrogens with zero attached hydrogens (tertiary/aromatic N) is 13. The molecule has 1 aliphatic heterocycles. The van der Waals surface area contributed by atoms with Gasteiger partial charge in [0.25, 0.3) is 0 Å².